The Kier molecular flexibility index (Phi) is 4.50. The fourth-order valence-corrected chi connectivity index (χ4v) is 1.67. The zero-order valence-electron chi connectivity index (χ0n) is 11.5. The van der Waals surface area contributed by atoms with Gasteiger partial charge in [0.2, 0.25) is 0 Å². The van der Waals surface area contributed by atoms with Gasteiger partial charge in [0, 0.05) is 5.69 Å². The van der Waals surface area contributed by atoms with E-state index in [4.69, 9.17) is 15.2 Å². The Morgan fingerprint density at radius 2 is 1.95 bits per heavy atom. The molecule has 2 rings (SSSR count). The molecule has 0 aromatic heterocycles. The number of phenolic OH excluding ortho intramolecular Hbond substituents is 1. The third kappa shape index (κ3) is 3.79. The number of nitrogens with one attached hydrogen (secondary N) is 1. The third-order valence-corrected chi connectivity index (χ3v) is 2.78. The molecule has 21 heavy (non-hydrogen) atoms. The fraction of sp³-hybridized carbons (Fsp3) is 0.133. The molecule has 0 atom stereocenters. The van der Waals surface area contributed by atoms with E-state index in [1.54, 1.807) is 43.5 Å². The Labute approximate surface area is 122 Å². The van der Waals surface area contributed by atoms with Crippen LogP contribution in [-0.2, 0) is 4.79 Å². The minimum absolute atomic E-state index is 0.0805. The van der Waals surface area contributed by atoms with Crippen molar-refractivity contribution in [1.29, 1.82) is 0 Å². The van der Waals surface area contributed by atoms with Crippen molar-refractivity contribution in [3.05, 3.63) is 42.5 Å². The Morgan fingerprint density at radius 1 is 1.24 bits per heavy atom. The van der Waals surface area contributed by atoms with Gasteiger partial charge in [0.05, 0.1) is 7.11 Å². The van der Waals surface area contributed by atoms with Crippen LogP contribution in [0.25, 0.3) is 0 Å². The van der Waals surface area contributed by atoms with E-state index in [0.717, 1.165) is 0 Å². The van der Waals surface area contributed by atoms with Crippen LogP contribution in [0.15, 0.2) is 42.5 Å². The molecule has 6 nitrogen and oxygen atoms in total. The molecule has 1 amide bonds. The lowest BCUT2D eigenvalue weighted by molar-refractivity contribution is -0.118. The van der Waals surface area contributed by atoms with Crippen molar-refractivity contribution in [2.24, 2.45) is 0 Å². The Bertz CT molecular complexity index is 626. The number of hydrogen-bond acceptors (Lipinski definition) is 5. The van der Waals surface area contributed by atoms with Crippen LogP contribution in [0.5, 0.6) is 17.2 Å². The van der Waals surface area contributed by atoms with Crippen LogP contribution < -0.4 is 20.5 Å². The molecule has 0 aliphatic carbocycles. The summed E-state index contributed by atoms with van der Waals surface area (Å²) >= 11 is 0. The lowest BCUT2D eigenvalue weighted by atomic mass is 10.3. The van der Waals surface area contributed by atoms with E-state index in [2.05, 4.69) is 5.32 Å². The van der Waals surface area contributed by atoms with E-state index in [9.17, 15) is 9.90 Å². The third-order valence-electron chi connectivity index (χ3n) is 2.78. The van der Waals surface area contributed by atoms with Crippen molar-refractivity contribution in [1.82, 2.24) is 0 Å². The van der Waals surface area contributed by atoms with Gasteiger partial charge >= 0.3 is 0 Å². The second kappa shape index (κ2) is 6.51. The first kappa shape index (κ1) is 14.5. The number of anilines is 2. The van der Waals surface area contributed by atoms with Crippen LogP contribution in [0, 0.1) is 0 Å². The molecule has 0 bridgehead atoms. The molecule has 2 aromatic carbocycles. The summed E-state index contributed by atoms with van der Waals surface area (Å²) in [7, 11) is 1.57. The van der Waals surface area contributed by atoms with E-state index in [0.29, 0.717) is 11.4 Å². The second-order valence-electron chi connectivity index (χ2n) is 4.25. The van der Waals surface area contributed by atoms with Crippen molar-refractivity contribution in [3.63, 3.8) is 0 Å². The zero-order valence-corrected chi connectivity index (χ0v) is 11.5. The minimum Gasteiger partial charge on any atom is -0.506 e. The summed E-state index contributed by atoms with van der Waals surface area (Å²) in [6.45, 7) is -0.209. The smallest absolute Gasteiger partial charge is 0.262 e. The number of para-hydroxylation sites is 1. The van der Waals surface area contributed by atoms with Crippen molar-refractivity contribution in [2.75, 3.05) is 24.8 Å². The Hall–Kier alpha value is -2.89. The van der Waals surface area contributed by atoms with E-state index in [-0.39, 0.29) is 29.7 Å². The first-order chi connectivity index (χ1) is 10.1. The molecule has 0 unspecified atom stereocenters. The standard InChI is InChI=1S/C15H16N2O4/c1-20-11-7-5-10(6-8-11)17-14(19)9-21-13-4-2-3-12(18)15(13)16/h2-8,18H,9,16H2,1H3,(H,17,19). The second-order valence-corrected chi connectivity index (χ2v) is 4.25. The average molecular weight is 288 g/mol. The predicted molar refractivity (Wildman–Crippen MR) is 79.6 cm³/mol. The van der Waals surface area contributed by atoms with Crippen LogP contribution in [0.2, 0.25) is 0 Å². The number of hydrogen-bond donors (Lipinski definition) is 3. The number of phenols is 1. The average Bonchev–Trinajstić information content (AvgIpc) is 2.49. The predicted octanol–water partition coefficient (Wildman–Crippen LogP) is 2.00. The van der Waals surface area contributed by atoms with Gasteiger partial charge in [-0.15, -0.1) is 0 Å². The summed E-state index contributed by atoms with van der Waals surface area (Å²) in [6.07, 6.45) is 0. The summed E-state index contributed by atoms with van der Waals surface area (Å²) < 4.78 is 10.3. The number of benzene rings is 2. The maximum absolute atomic E-state index is 11.8. The molecule has 6 heteroatoms. The maximum atomic E-state index is 11.8. The Morgan fingerprint density at radius 3 is 2.62 bits per heavy atom. The normalized spacial score (nSPS) is 9.95. The first-order valence-electron chi connectivity index (χ1n) is 6.24. The number of methoxy groups -OCH3 is 1. The van der Waals surface area contributed by atoms with E-state index < -0.39 is 0 Å². The van der Waals surface area contributed by atoms with Gasteiger partial charge in [-0.05, 0) is 36.4 Å². The highest BCUT2D eigenvalue weighted by Gasteiger charge is 2.08. The van der Waals surface area contributed by atoms with Crippen LogP contribution in [0.4, 0.5) is 11.4 Å². The van der Waals surface area contributed by atoms with Crippen LogP contribution in [0.3, 0.4) is 0 Å². The highest BCUT2D eigenvalue weighted by Crippen LogP contribution is 2.29. The number of nitrogen functional groups attached to an aromatic ring is 1. The number of ether oxygens (including phenoxy) is 2. The molecule has 0 saturated carbocycles. The first-order valence-corrected chi connectivity index (χ1v) is 6.24. The van der Waals surface area contributed by atoms with E-state index in [1.165, 1.54) is 6.07 Å². The Balaban J connectivity index is 1.91. The van der Waals surface area contributed by atoms with E-state index >= 15 is 0 Å². The molecule has 0 fully saturated rings. The number of rotatable bonds is 5. The molecule has 4 N–H and O–H groups in total. The van der Waals surface area contributed by atoms with Crippen molar-refractivity contribution >= 4 is 17.3 Å². The lowest BCUT2D eigenvalue weighted by Crippen LogP contribution is -2.20. The zero-order chi connectivity index (χ0) is 15.2. The largest absolute Gasteiger partial charge is 0.506 e. The maximum Gasteiger partial charge on any atom is 0.262 e. The lowest BCUT2D eigenvalue weighted by Gasteiger charge is -2.10. The van der Waals surface area contributed by atoms with Crippen molar-refractivity contribution < 1.29 is 19.4 Å². The monoisotopic (exact) mass is 288 g/mol. The van der Waals surface area contributed by atoms with Crippen molar-refractivity contribution in [3.8, 4) is 17.2 Å². The summed E-state index contributed by atoms with van der Waals surface area (Å²) in [5.74, 6) is 0.558. The summed E-state index contributed by atoms with van der Waals surface area (Å²) in [4.78, 5) is 11.8. The number of carbonyl (C=O) groups excluding carboxylic acids is 1. The fourth-order valence-electron chi connectivity index (χ4n) is 1.67. The van der Waals surface area contributed by atoms with Gasteiger partial charge in [0.15, 0.2) is 6.61 Å². The minimum atomic E-state index is -0.331. The van der Waals surface area contributed by atoms with Gasteiger partial charge < -0.3 is 25.6 Å². The molecule has 0 aliphatic heterocycles. The molecule has 0 spiro atoms. The SMILES string of the molecule is COc1ccc(NC(=O)COc2cccc(O)c2N)cc1. The van der Waals surface area contributed by atoms with Crippen LogP contribution in [-0.4, -0.2) is 24.7 Å². The van der Waals surface area contributed by atoms with Gasteiger partial charge in [-0.2, -0.15) is 0 Å². The molecule has 0 aliphatic rings. The molecule has 0 saturated heterocycles. The molecule has 2 aromatic rings. The van der Waals surface area contributed by atoms with Gasteiger partial charge in [0.25, 0.3) is 5.91 Å². The summed E-state index contributed by atoms with van der Waals surface area (Å²) in [5.41, 5.74) is 6.37. The van der Waals surface area contributed by atoms with E-state index in [1.807, 2.05) is 0 Å². The van der Waals surface area contributed by atoms with Gasteiger partial charge in [-0.3, -0.25) is 4.79 Å². The number of aromatic hydroxyl groups is 1. The number of nitrogens with two attached hydrogens (primary N) is 1. The highest BCUT2D eigenvalue weighted by atomic mass is 16.5. The number of amides is 1. The molecule has 0 heterocycles. The van der Waals surface area contributed by atoms with Crippen LogP contribution >= 0.6 is 0 Å². The molecular formula is C15H16N2O4. The molecule has 0 radical (unpaired) electrons. The molecular weight excluding hydrogens is 272 g/mol. The van der Waals surface area contributed by atoms with Gasteiger partial charge in [0.1, 0.15) is 22.9 Å². The summed E-state index contributed by atoms with van der Waals surface area (Å²) in [6, 6.07) is 11.5. The highest BCUT2D eigenvalue weighted by molar-refractivity contribution is 5.92. The van der Waals surface area contributed by atoms with Crippen molar-refractivity contribution in [2.45, 2.75) is 0 Å². The van der Waals surface area contributed by atoms with Gasteiger partial charge in [-0.1, -0.05) is 6.07 Å². The summed E-state index contributed by atoms with van der Waals surface area (Å²) in [5, 5.41) is 12.1. The molecule has 110 valence electrons. The quantitative estimate of drug-likeness (QED) is 0.578. The topological polar surface area (TPSA) is 93.8 Å². The van der Waals surface area contributed by atoms with Gasteiger partial charge in [-0.25, -0.2) is 0 Å². The number of carbonyl (C=O) groups is 1. The van der Waals surface area contributed by atoms with Crippen LogP contribution in [0.1, 0.15) is 0 Å².